The van der Waals surface area contributed by atoms with Crippen LogP contribution in [0, 0.1) is 17.8 Å². The molecule has 0 saturated heterocycles. The molecule has 0 N–H and O–H groups in total. The predicted molar refractivity (Wildman–Crippen MR) is 76.2 cm³/mol. The average molecular weight is 252 g/mol. The Hall–Kier alpha value is -0.970. The molecule has 0 bridgehead atoms. The van der Waals surface area contributed by atoms with Crippen molar-refractivity contribution in [3.8, 4) is 12.3 Å². The summed E-state index contributed by atoms with van der Waals surface area (Å²) in [5.74, 6) is 2.43. The number of hydrogen-bond donors (Lipinski definition) is 0. The van der Waals surface area contributed by atoms with E-state index in [1.165, 1.54) is 12.8 Å². The first-order valence-electron chi connectivity index (χ1n) is 7.21. The Morgan fingerprint density at radius 1 is 1.17 bits per heavy atom. The van der Waals surface area contributed by atoms with Crippen LogP contribution in [0.25, 0.3) is 0 Å². The maximum atomic E-state index is 12.1. The highest BCUT2D eigenvalue weighted by Gasteiger charge is 2.33. The van der Waals surface area contributed by atoms with E-state index in [1.807, 2.05) is 6.92 Å². The van der Waals surface area contributed by atoms with Crippen molar-refractivity contribution in [2.45, 2.75) is 72.1 Å². The fourth-order valence-corrected chi connectivity index (χ4v) is 2.04. The molecule has 0 aliphatic carbocycles. The fraction of sp³-hybridized carbons (Fsp3) is 0.812. The number of carbonyl (C=O) groups excluding carboxylic acids is 1. The minimum absolute atomic E-state index is 0.0673. The van der Waals surface area contributed by atoms with Crippen molar-refractivity contribution in [3.63, 3.8) is 0 Å². The standard InChI is InChI=1S/C16H28O2/c1-5-8-11-13-16(4,12-9-6-2)15(17)18-14-10-7-3/h3H,5-6,8-14H2,1-2,4H3. The minimum atomic E-state index is -0.320. The Bertz CT molecular complexity index is 265. The minimum Gasteiger partial charge on any atom is -0.464 e. The van der Waals surface area contributed by atoms with Gasteiger partial charge in [0.25, 0.3) is 0 Å². The van der Waals surface area contributed by atoms with Gasteiger partial charge in [-0.3, -0.25) is 4.79 Å². The van der Waals surface area contributed by atoms with Crippen LogP contribution in [0.1, 0.15) is 72.1 Å². The number of carbonyl (C=O) groups is 1. The number of terminal acetylenes is 1. The van der Waals surface area contributed by atoms with Gasteiger partial charge in [0.15, 0.2) is 0 Å². The first-order chi connectivity index (χ1) is 8.60. The second-order valence-electron chi connectivity index (χ2n) is 5.21. The van der Waals surface area contributed by atoms with Gasteiger partial charge < -0.3 is 4.74 Å². The van der Waals surface area contributed by atoms with Gasteiger partial charge in [0, 0.05) is 6.42 Å². The van der Waals surface area contributed by atoms with E-state index in [0.717, 1.165) is 32.1 Å². The molecule has 0 aromatic heterocycles. The summed E-state index contributed by atoms with van der Waals surface area (Å²) in [6.45, 7) is 6.71. The van der Waals surface area contributed by atoms with Gasteiger partial charge in [0.2, 0.25) is 0 Å². The van der Waals surface area contributed by atoms with E-state index in [0.29, 0.717) is 13.0 Å². The molecular formula is C16H28O2. The molecule has 0 aliphatic heterocycles. The van der Waals surface area contributed by atoms with Gasteiger partial charge in [0.1, 0.15) is 6.61 Å². The van der Waals surface area contributed by atoms with Gasteiger partial charge in [-0.25, -0.2) is 0 Å². The lowest BCUT2D eigenvalue weighted by Gasteiger charge is -2.27. The van der Waals surface area contributed by atoms with Crippen LogP contribution in [0.5, 0.6) is 0 Å². The molecule has 0 saturated carbocycles. The van der Waals surface area contributed by atoms with E-state index < -0.39 is 0 Å². The summed E-state index contributed by atoms with van der Waals surface area (Å²) in [5.41, 5.74) is -0.320. The van der Waals surface area contributed by atoms with E-state index in [4.69, 9.17) is 11.2 Å². The topological polar surface area (TPSA) is 26.3 Å². The van der Waals surface area contributed by atoms with Crippen molar-refractivity contribution in [2.24, 2.45) is 5.41 Å². The number of esters is 1. The number of hydrogen-bond acceptors (Lipinski definition) is 2. The lowest BCUT2D eigenvalue weighted by atomic mass is 9.80. The molecule has 2 nitrogen and oxygen atoms in total. The Labute approximate surface area is 112 Å². The summed E-state index contributed by atoms with van der Waals surface area (Å²) in [6.07, 6.45) is 13.2. The number of ether oxygens (including phenoxy) is 1. The quantitative estimate of drug-likeness (QED) is 0.328. The Balaban J connectivity index is 4.33. The Morgan fingerprint density at radius 2 is 1.78 bits per heavy atom. The second-order valence-corrected chi connectivity index (χ2v) is 5.21. The van der Waals surface area contributed by atoms with Crippen LogP contribution in [0.4, 0.5) is 0 Å². The molecule has 1 unspecified atom stereocenters. The molecule has 0 fully saturated rings. The third-order valence-corrected chi connectivity index (χ3v) is 3.39. The Kier molecular flexibility index (Phi) is 9.46. The molecule has 0 aromatic carbocycles. The average Bonchev–Trinajstić information content (AvgIpc) is 2.37. The van der Waals surface area contributed by atoms with Crippen molar-refractivity contribution in [1.82, 2.24) is 0 Å². The number of unbranched alkanes of at least 4 members (excludes halogenated alkanes) is 3. The molecular weight excluding hydrogens is 224 g/mol. The van der Waals surface area contributed by atoms with E-state index in [9.17, 15) is 4.79 Å². The van der Waals surface area contributed by atoms with Gasteiger partial charge in [0.05, 0.1) is 5.41 Å². The number of rotatable bonds is 10. The van der Waals surface area contributed by atoms with Crippen LogP contribution in [0.2, 0.25) is 0 Å². The molecule has 0 spiro atoms. The van der Waals surface area contributed by atoms with Gasteiger partial charge in [-0.2, -0.15) is 0 Å². The lowest BCUT2D eigenvalue weighted by Crippen LogP contribution is -2.30. The first kappa shape index (κ1) is 17.0. The zero-order valence-corrected chi connectivity index (χ0v) is 12.3. The zero-order valence-electron chi connectivity index (χ0n) is 12.3. The lowest BCUT2D eigenvalue weighted by molar-refractivity contribution is -0.155. The maximum absolute atomic E-state index is 12.1. The van der Waals surface area contributed by atoms with Gasteiger partial charge in [-0.15, -0.1) is 12.3 Å². The van der Waals surface area contributed by atoms with Crippen molar-refractivity contribution >= 4 is 5.97 Å². The van der Waals surface area contributed by atoms with E-state index in [1.54, 1.807) is 0 Å². The highest BCUT2D eigenvalue weighted by molar-refractivity contribution is 5.76. The van der Waals surface area contributed by atoms with E-state index >= 15 is 0 Å². The summed E-state index contributed by atoms with van der Waals surface area (Å²) in [4.78, 5) is 12.1. The molecule has 0 amide bonds. The molecule has 0 aliphatic rings. The summed E-state index contributed by atoms with van der Waals surface area (Å²) >= 11 is 0. The van der Waals surface area contributed by atoms with Gasteiger partial charge in [-0.05, 0) is 19.8 Å². The van der Waals surface area contributed by atoms with Gasteiger partial charge in [-0.1, -0.05) is 46.0 Å². The van der Waals surface area contributed by atoms with Crippen molar-refractivity contribution in [1.29, 1.82) is 0 Å². The third kappa shape index (κ3) is 6.69. The third-order valence-electron chi connectivity index (χ3n) is 3.39. The van der Waals surface area contributed by atoms with Crippen LogP contribution in [-0.2, 0) is 9.53 Å². The van der Waals surface area contributed by atoms with E-state index in [2.05, 4.69) is 19.8 Å². The monoisotopic (exact) mass is 252 g/mol. The van der Waals surface area contributed by atoms with E-state index in [-0.39, 0.29) is 11.4 Å². The predicted octanol–water partition coefficient (Wildman–Crippen LogP) is 4.33. The van der Waals surface area contributed by atoms with Crippen molar-refractivity contribution < 1.29 is 9.53 Å². The molecule has 18 heavy (non-hydrogen) atoms. The summed E-state index contributed by atoms with van der Waals surface area (Å²) in [6, 6.07) is 0. The highest BCUT2D eigenvalue weighted by Crippen LogP contribution is 2.32. The first-order valence-corrected chi connectivity index (χ1v) is 7.21. The molecule has 0 rings (SSSR count). The smallest absolute Gasteiger partial charge is 0.311 e. The van der Waals surface area contributed by atoms with Gasteiger partial charge >= 0.3 is 5.97 Å². The maximum Gasteiger partial charge on any atom is 0.311 e. The zero-order chi connectivity index (χ0) is 13.9. The van der Waals surface area contributed by atoms with Crippen LogP contribution < -0.4 is 0 Å². The van der Waals surface area contributed by atoms with Crippen LogP contribution in [0.3, 0.4) is 0 Å². The van der Waals surface area contributed by atoms with Crippen LogP contribution in [0.15, 0.2) is 0 Å². The van der Waals surface area contributed by atoms with Crippen LogP contribution >= 0.6 is 0 Å². The molecule has 0 heterocycles. The molecule has 0 radical (unpaired) electrons. The molecule has 2 heteroatoms. The second kappa shape index (κ2) is 10.00. The Morgan fingerprint density at radius 3 is 2.33 bits per heavy atom. The SMILES string of the molecule is C#CCCOC(=O)C(C)(CCCC)CCCCC. The summed E-state index contributed by atoms with van der Waals surface area (Å²) < 4.78 is 5.29. The highest BCUT2D eigenvalue weighted by atomic mass is 16.5. The largest absolute Gasteiger partial charge is 0.464 e. The van der Waals surface area contributed by atoms with Crippen molar-refractivity contribution in [2.75, 3.05) is 6.61 Å². The molecule has 1 atom stereocenters. The van der Waals surface area contributed by atoms with Crippen LogP contribution in [-0.4, -0.2) is 12.6 Å². The normalized spacial score (nSPS) is 13.7. The molecule has 104 valence electrons. The summed E-state index contributed by atoms with van der Waals surface area (Å²) in [5, 5.41) is 0. The fourth-order valence-electron chi connectivity index (χ4n) is 2.04. The van der Waals surface area contributed by atoms with Crippen molar-refractivity contribution in [3.05, 3.63) is 0 Å². The molecule has 0 aromatic rings. The summed E-state index contributed by atoms with van der Waals surface area (Å²) in [7, 11) is 0.